The third-order valence-corrected chi connectivity index (χ3v) is 8.25. The standard InChI is InChI=1S/C37H37FN2O6/c1-37(2)20-29-36(46-22-37)35(27-15-13-26(19-28(27)38)45-21-23-9-6-5-7-10-23)40(30-11-8-12-31(41)34(30)39-29)33(42)18-24-17-25(43-3)14-16-32(24)44-4/h5-17,19,35,39,41H,18,20-22H2,1-4H3. The van der Waals surface area contributed by atoms with Gasteiger partial charge in [-0.25, -0.2) is 4.39 Å². The summed E-state index contributed by atoms with van der Waals surface area (Å²) in [4.78, 5) is 16.1. The van der Waals surface area contributed by atoms with Gasteiger partial charge in [0, 0.05) is 22.6 Å². The zero-order valence-corrected chi connectivity index (χ0v) is 26.3. The van der Waals surface area contributed by atoms with Gasteiger partial charge >= 0.3 is 0 Å². The van der Waals surface area contributed by atoms with Crippen LogP contribution in [0.5, 0.6) is 23.0 Å². The van der Waals surface area contributed by atoms with Crippen LogP contribution in [-0.4, -0.2) is 31.8 Å². The zero-order chi connectivity index (χ0) is 32.4. The number of phenols is 1. The molecule has 8 nitrogen and oxygen atoms in total. The van der Waals surface area contributed by atoms with Crippen molar-refractivity contribution in [3.05, 3.63) is 119 Å². The van der Waals surface area contributed by atoms with Gasteiger partial charge in [-0.3, -0.25) is 9.69 Å². The Bertz CT molecular complexity index is 1790. The largest absolute Gasteiger partial charge is 0.506 e. The molecule has 6 rings (SSSR count). The Morgan fingerprint density at radius 2 is 1.78 bits per heavy atom. The van der Waals surface area contributed by atoms with Gasteiger partial charge < -0.3 is 29.4 Å². The third kappa shape index (κ3) is 6.18. The van der Waals surface area contributed by atoms with Crippen LogP contribution < -0.4 is 24.4 Å². The number of hydrogen-bond acceptors (Lipinski definition) is 7. The average Bonchev–Trinajstić information content (AvgIpc) is 3.18. The van der Waals surface area contributed by atoms with Crippen molar-refractivity contribution in [2.75, 3.05) is 31.0 Å². The number of nitrogens with zero attached hydrogens (tertiary/aromatic N) is 1. The number of amides is 1. The number of carbonyl (C=O) groups excluding carboxylic acids is 1. The summed E-state index contributed by atoms with van der Waals surface area (Å²) in [6.45, 7) is 4.78. The van der Waals surface area contributed by atoms with Crippen LogP contribution in [0.1, 0.15) is 43.0 Å². The maximum atomic E-state index is 16.3. The molecule has 2 aliphatic heterocycles. The number of halogens is 1. The summed E-state index contributed by atoms with van der Waals surface area (Å²) in [7, 11) is 3.09. The monoisotopic (exact) mass is 624 g/mol. The van der Waals surface area contributed by atoms with Crippen molar-refractivity contribution in [3.63, 3.8) is 0 Å². The second-order valence-corrected chi connectivity index (χ2v) is 12.2. The lowest BCUT2D eigenvalue weighted by atomic mass is 9.85. The van der Waals surface area contributed by atoms with E-state index in [1.807, 2.05) is 30.3 Å². The molecular weight excluding hydrogens is 587 g/mol. The molecule has 0 radical (unpaired) electrons. The number of allylic oxidation sites excluding steroid dienone is 1. The first-order valence-electron chi connectivity index (χ1n) is 15.1. The average molecular weight is 625 g/mol. The van der Waals surface area contributed by atoms with Gasteiger partial charge in [0.05, 0.1) is 38.6 Å². The smallest absolute Gasteiger partial charge is 0.232 e. The lowest BCUT2D eigenvalue weighted by Crippen LogP contribution is -2.39. The van der Waals surface area contributed by atoms with E-state index in [0.717, 1.165) is 5.56 Å². The molecule has 0 bridgehead atoms. The quantitative estimate of drug-likeness (QED) is 0.196. The first-order valence-corrected chi connectivity index (χ1v) is 15.1. The van der Waals surface area contributed by atoms with Crippen molar-refractivity contribution in [1.82, 2.24) is 0 Å². The summed E-state index contributed by atoms with van der Waals surface area (Å²) in [5, 5.41) is 14.4. The molecule has 0 saturated carbocycles. The van der Waals surface area contributed by atoms with E-state index in [4.69, 9.17) is 18.9 Å². The summed E-state index contributed by atoms with van der Waals surface area (Å²) in [6, 6.07) is 23.5. The number of methoxy groups -OCH3 is 2. The molecule has 1 atom stereocenters. The maximum absolute atomic E-state index is 16.3. The minimum absolute atomic E-state index is 0.0460. The highest BCUT2D eigenvalue weighted by Crippen LogP contribution is 2.50. The van der Waals surface area contributed by atoms with Crippen molar-refractivity contribution in [2.24, 2.45) is 5.41 Å². The lowest BCUT2D eigenvalue weighted by Gasteiger charge is -2.38. The van der Waals surface area contributed by atoms with E-state index >= 15 is 4.39 Å². The Kier molecular flexibility index (Phi) is 8.49. The molecular formula is C37H37FN2O6. The number of rotatable bonds is 8. The third-order valence-electron chi connectivity index (χ3n) is 8.25. The van der Waals surface area contributed by atoms with Crippen molar-refractivity contribution in [3.8, 4) is 23.0 Å². The molecule has 4 aromatic carbocycles. The summed E-state index contributed by atoms with van der Waals surface area (Å²) < 4.78 is 39.6. The number of hydrogen-bond donors (Lipinski definition) is 2. The highest BCUT2D eigenvalue weighted by atomic mass is 19.1. The highest BCUT2D eigenvalue weighted by molar-refractivity contribution is 6.01. The Morgan fingerprint density at radius 1 is 1.00 bits per heavy atom. The first kappa shape index (κ1) is 30.8. The summed E-state index contributed by atoms with van der Waals surface area (Å²) in [5.74, 6) is 0.876. The molecule has 2 aliphatic rings. The fourth-order valence-electron chi connectivity index (χ4n) is 5.98. The molecule has 0 spiro atoms. The van der Waals surface area contributed by atoms with Crippen LogP contribution in [0.4, 0.5) is 15.8 Å². The Morgan fingerprint density at radius 3 is 2.52 bits per heavy atom. The molecule has 238 valence electrons. The van der Waals surface area contributed by atoms with Crippen molar-refractivity contribution in [1.29, 1.82) is 0 Å². The fraction of sp³-hybridized carbons (Fsp3) is 0.270. The fourth-order valence-corrected chi connectivity index (χ4v) is 5.98. The molecule has 0 aromatic heterocycles. The second kappa shape index (κ2) is 12.7. The van der Waals surface area contributed by atoms with Gasteiger partial charge in [0.1, 0.15) is 52.9 Å². The number of anilines is 2. The van der Waals surface area contributed by atoms with Crippen LogP contribution in [0.15, 0.2) is 96.4 Å². The normalized spacial score (nSPS) is 16.7. The van der Waals surface area contributed by atoms with Gasteiger partial charge in [-0.1, -0.05) is 50.2 Å². The number of nitrogens with one attached hydrogen (secondary N) is 1. The predicted octanol–water partition coefficient (Wildman–Crippen LogP) is 7.53. The SMILES string of the molecule is COc1ccc(OC)c(CC(=O)N2c3cccc(O)c3NC3=C(OCC(C)(C)C3)C2c2ccc(OCc3ccccc3)cc2F)c1. The predicted molar refractivity (Wildman–Crippen MR) is 174 cm³/mol. The van der Waals surface area contributed by atoms with Crippen molar-refractivity contribution >= 4 is 17.3 Å². The number of ether oxygens (including phenoxy) is 4. The van der Waals surface area contributed by atoms with Crippen LogP contribution in [0.3, 0.4) is 0 Å². The van der Waals surface area contributed by atoms with Crippen LogP contribution in [0.25, 0.3) is 0 Å². The van der Waals surface area contributed by atoms with E-state index in [1.54, 1.807) is 55.6 Å². The Hall–Kier alpha value is -5.18. The summed E-state index contributed by atoms with van der Waals surface area (Å²) >= 11 is 0. The van der Waals surface area contributed by atoms with Crippen LogP contribution in [0, 0.1) is 11.2 Å². The highest BCUT2D eigenvalue weighted by Gasteiger charge is 2.42. The number of para-hydroxylation sites is 1. The van der Waals surface area contributed by atoms with E-state index < -0.39 is 11.9 Å². The summed E-state index contributed by atoms with van der Waals surface area (Å²) in [6.07, 6.45) is 0.457. The number of carbonyl (C=O) groups is 1. The Labute approximate surface area is 268 Å². The molecule has 1 amide bonds. The molecule has 1 unspecified atom stereocenters. The minimum Gasteiger partial charge on any atom is -0.506 e. The van der Waals surface area contributed by atoms with E-state index in [1.165, 1.54) is 18.1 Å². The topological polar surface area (TPSA) is 89.5 Å². The molecule has 2 heterocycles. The first-order chi connectivity index (χ1) is 22.2. The van der Waals surface area contributed by atoms with E-state index in [9.17, 15) is 9.90 Å². The lowest BCUT2D eigenvalue weighted by molar-refractivity contribution is -0.118. The van der Waals surface area contributed by atoms with E-state index in [2.05, 4.69) is 19.2 Å². The van der Waals surface area contributed by atoms with Gasteiger partial charge in [-0.05, 0) is 54.4 Å². The van der Waals surface area contributed by atoms with Gasteiger partial charge in [-0.15, -0.1) is 0 Å². The summed E-state index contributed by atoms with van der Waals surface area (Å²) in [5.41, 5.74) is 2.92. The maximum Gasteiger partial charge on any atom is 0.232 e. The van der Waals surface area contributed by atoms with Gasteiger partial charge in [0.15, 0.2) is 0 Å². The van der Waals surface area contributed by atoms with E-state index in [0.29, 0.717) is 58.7 Å². The second-order valence-electron chi connectivity index (χ2n) is 12.2. The minimum atomic E-state index is -0.992. The van der Waals surface area contributed by atoms with Gasteiger partial charge in [-0.2, -0.15) is 0 Å². The van der Waals surface area contributed by atoms with Crippen LogP contribution in [0.2, 0.25) is 0 Å². The van der Waals surface area contributed by atoms with Crippen LogP contribution in [-0.2, 0) is 22.6 Å². The Balaban J connectivity index is 1.47. The van der Waals surface area contributed by atoms with Gasteiger partial charge in [0.25, 0.3) is 0 Å². The molecule has 9 heteroatoms. The number of phenolic OH excluding ortho intramolecular Hbond substituents is 1. The molecule has 0 fully saturated rings. The van der Waals surface area contributed by atoms with Crippen LogP contribution >= 0.6 is 0 Å². The van der Waals surface area contributed by atoms with Crippen molar-refractivity contribution < 1.29 is 33.2 Å². The molecule has 0 aliphatic carbocycles. The molecule has 0 saturated heterocycles. The van der Waals surface area contributed by atoms with Crippen molar-refractivity contribution in [2.45, 2.75) is 39.3 Å². The number of benzene rings is 4. The number of fused-ring (bicyclic) bond motifs is 1. The zero-order valence-electron chi connectivity index (χ0n) is 26.3. The number of aromatic hydroxyl groups is 1. The molecule has 2 N–H and O–H groups in total. The molecule has 4 aromatic rings. The molecule has 46 heavy (non-hydrogen) atoms. The van der Waals surface area contributed by atoms with Gasteiger partial charge in [0.2, 0.25) is 5.91 Å². The van der Waals surface area contributed by atoms with E-state index in [-0.39, 0.29) is 35.7 Å².